The smallest absolute Gasteiger partial charge is 0.264 e. The summed E-state index contributed by atoms with van der Waals surface area (Å²) in [6.07, 6.45) is 0.247. The van der Waals surface area contributed by atoms with Crippen LogP contribution in [0, 0.1) is 20.8 Å². The van der Waals surface area contributed by atoms with Gasteiger partial charge in [0.15, 0.2) is 0 Å². The third kappa shape index (κ3) is 9.30. The van der Waals surface area contributed by atoms with Crippen molar-refractivity contribution in [3.63, 3.8) is 0 Å². The zero-order valence-electron chi connectivity index (χ0n) is 27.2. The van der Waals surface area contributed by atoms with Crippen LogP contribution in [-0.2, 0) is 32.6 Å². The quantitative estimate of drug-likeness (QED) is 0.180. The van der Waals surface area contributed by atoms with Crippen molar-refractivity contribution >= 4 is 43.5 Å². The van der Waals surface area contributed by atoms with E-state index in [0.29, 0.717) is 5.69 Å². The van der Waals surface area contributed by atoms with Crippen LogP contribution in [0.1, 0.15) is 48.6 Å². The molecule has 0 aliphatic heterocycles. The number of amides is 2. The molecule has 0 bridgehead atoms. The molecular weight excluding hydrogens is 662 g/mol. The van der Waals surface area contributed by atoms with Gasteiger partial charge in [-0.05, 0) is 100 Å². The molecule has 0 saturated carbocycles. The van der Waals surface area contributed by atoms with Gasteiger partial charge in [0.05, 0.1) is 10.6 Å². The molecule has 1 atom stereocenters. The lowest BCUT2D eigenvalue weighted by Crippen LogP contribution is -2.56. The summed E-state index contributed by atoms with van der Waals surface area (Å²) in [6.45, 7) is 10.9. The lowest BCUT2D eigenvalue weighted by molar-refractivity contribution is -0.140. The molecule has 0 saturated heterocycles. The second-order valence-electron chi connectivity index (χ2n) is 12.8. The van der Waals surface area contributed by atoms with Crippen molar-refractivity contribution in [3.8, 4) is 0 Å². The number of anilines is 1. The van der Waals surface area contributed by atoms with Gasteiger partial charge in [0.1, 0.15) is 12.6 Å². The van der Waals surface area contributed by atoms with Gasteiger partial charge in [-0.2, -0.15) is 0 Å². The summed E-state index contributed by atoms with van der Waals surface area (Å²) in [5.41, 5.74) is 4.14. The monoisotopic (exact) mass is 703 g/mol. The zero-order chi connectivity index (χ0) is 33.6. The van der Waals surface area contributed by atoms with Gasteiger partial charge in [-0.3, -0.25) is 13.9 Å². The van der Waals surface area contributed by atoms with E-state index < -0.39 is 34.1 Å². The molecule has 0 aliphatic rings. The van der Waals surface area contributed by atoms with Crippen molar-refractivity contribution in [2.24, 2.45) is 0 Å². The number of carbonyl (C=O) groups excluding carboxylic acids is 2. The molecule has 0 aromatic heterocycles. The first-order valence-corrected chi connectivity index (χ1v) is 17.4. The normalized spacial score (nSPS) is 12.3. The average molecular weight is 705 g/mol. The van der Waals surface area contributed by atoms with E-state index in [9.17, 15) is 18.0 Å². The van der Waals surface area contributed by atoms with Gasteiger partial charge >= 0.3 is 0 Å². The average Bonchev–Trinajstić information content (AvgIpc) is 2.97. The highest BCUT2D eigenvalue weighted by Gasteiger charge is 2.35. The standard InChI is InChI=1S/C37H42BrN3O4S/c1-26-15-17-33(18-16-26)46(44,45)41(32-20-27(2)19-28(3)21-32)25-35(42)40(24-30-13-10-14-31(38)22-30)34(36(43)39-37(4,5)6)23-29-11-8-7-9-12-29/h7-22,34H,23-25H2,1-6H3,(H,39,43)/t34-/m0/s1. The van der Waals surface area contributed by atoms with Crippen LogP contribution in [0.3, 0.4) is 0 Å². The van der Waals surface area contributed by atoms with Crippen molar-refractivity contribution in [2.45, 2.75) is 71.0 Å². The van der Waals surface area contributed by atoms with Crippen molar-refractivity contribution < 1.29 is 18.0 Å². The molecule has 4 aromatic rings. The Morgan fingerprint density at radius 1 is 0.783 bits per heavy atom. The fourth-order valence-electron chi connectivity index (χ4n) is 5.30. The van der Waals surface area contributed by atoms with E-state index >= 15 is 0 Å². The van der Waals surface area contributed by atoms with Crippen LogP contribution in [0.2, 0.25) is 0 Å². The van der Waals surface area contributed by atoms with Gasteiger partial charge in [0, 0.05) is 23.0 Å². The fourth-order valence-corrected chi connectivity index (χ4v) is 7.14. The first-order chi connectivity index (χ1) is 21.6. The highest BCUT2D eigenvalue weighted by Crippen LogP contribution is 2.27. The topological polar surface area (TPSA) is 86.8 Å². The van der Waals surface area contributed by atoms with Crippen LogP contribution in [0.5, 0.6) is 0 Å². The van der Waals surface area contributed by atoms with Crippen LogP contribution in [0.15, 0.2) is 106 Å². The SMILES string of the molecule is Cc1ccc(S(=O)(=O)N(CC(=O)N(Cc2cccc(Br)c2)[C@@H](Cc2ccccc2)C(=O)NC(C)(C)C)c2cc(C)cc(C)c2)cc1. The van der Waals surface area contributed by atoms with Gasteiger partial charge in [-0.25, -0.2) is 8.42 Å². The minimum atomic E-state index is -4.17. The lowest BCUT2D eigenvalue weighted by Gasteiger charge is -2.35. The molecule has 2 amide bonds. The predicted molar refractivity (Wildman–Crippen MR) is 188 cm³/mol. The molecular formula is C37H42BrN3O4S. The van der Waals surface area contributed by atoms with Gasteiger partial charge in [0.2, 0.25) is 11.8 Å². The molecule has 9 heteroatoms. The molecule has 0 aliphatic carbocycles. The van der Waals surface area contributed by atoms with Crippen molar-refractivity contribution in [3.05, 3.63) is 129 Å². The summed E-state index contributed by atoms with van der Waals surface area (Å²) in [5.74, 6) is -0.821. The van der Waals surface area contributed by atoms with Crippen LogP contribution < -0.4 is 9.62 Å². The minimum Gasteiger partial charge on any atom is -0.350 e. The Balaban J connectivity index is 1.84. The maximum absolute atomic E-state index is 14.6. The van der Waals surface area contributed by atoms with Crippen LogP contribution in [0.25, 0.3) is 0 Å². The number of halogens is 1. The molecule has 0 spiro atoms. The molecule has 0 radical (unpaired) electrons. The largest absolute Gasteiger partial charge is 0.350 e. The number of benzene rings is 4. The third-order valence-corrected chi connectivity index (χ3v) is 9.67. The Hall–Kier alpha value is -3.95. The van der Waals surface area contributed by atoms with Crippen molar-refractivity contribution in [2.75, 3.05) is 10.8 Å². The number of nitrogens with zero attached hydrogens (tertiary/aromatic N) is 2. The molecule has 4 aromatic carbocycles. The van der Waals surface area contributed by atoms with E-state index in [1.165, 1.54) is 4.90 Å². The summed E-state index contributed by atoms with van der Waals surface area (Å²) in [4.78, 5) is 30.3. The molecule has 7 nitrogen and oxygen atoms in total. The lowest BCUT2D eigenvalue weighted by atomic mass is 10.0. The first-order valence-electron chi connectivity index (χ1n) is 15.2. The molecule has 0 fully saturated rings. The molecule has 242 valence electrons. The zero-order valence-corrected chi connectivity index (χ0v) is 29.7. The Bertz CT molecular complexity index is 1770. The van der Waals surface area contributed by atoms with Gasteiger partial charge < -0.3 is 10.2 Å². The van der Waals surface area contributed by atoms with Gasteiger partial charge in [0.25, 0.3) is 10.0 Å². The Kier molecular flexibility index (Phi) is 11.1. The number of hydrogen-bond donors (Lipinski definition) is 1. The number of hydrogen-bond acceptors (Lipinski definition) is 4. The Morgan fingerprint density at radius 2 is 1.39 bits per heavy atom. The van der Waals surface area contributed by atoms with E-state index in [1.807, 2.05) is 102 Å². The number of sulfonamides is 1. The van der Waals surface area contributed by atoms with E-state index in [0.717, 1.165) is 36.6 Å². The fraction of sp³-hybridized carbons (Fsp3) is 0.297. The summed E-state index contributed by atoms with van der Waals surface area (Å²) in [5, 5.41) is 3.06. The van der Waals surface area contributed by atoms with E-state index in [4.69, 9.17) is 0 Å². The van der Waals surface area contributed by atoms with Crippen LogP contribution in [-0.4, -0.2) is 43.3 Å². The molecule has 1 N–H and O–H groups in total. The van der Waals surface area contributed by atoms with Crippen LogP contribution in [0.4, 0.5) is 5.69 Å². The molecule has 4 rings (SSSR count). The van der Waals surface area contributed by atoms with Gasteiger partial charge in [-0.1, -0.05) is 82.2 Å². The maximum atomic E-state index is 14.6. The Labute approximate surface area is 281 Å². The number of rotatable bonds is 11. The number of aryl methyl sites for hydroxylation is 3. The third-order valence-electron chi connectivity index (χ3n) is 7.39. The Morgan fingerprint density at radius 3 is 1.98 bits per heavy atom. The van der Waals surface area contributed by atoms with Crippen molar-refractivity contribution in [1.82, 2.24) is 10.2 Å². The minimum absolute atomic E-state index is 0.0786. The highest BCUT2D eigenvalue weighted by atomic mass is 79.9. The van der Waals surface area contributed by atoms with Crippen LogP contribution >= 0.6 is 15.9 Å². The summed E-state index contributed by atoms with van der Waals surface area (Å²) in [7, 11) is -4.17. The molecule has 0 unspecified atom stereocenters. The first kappa shape index (κ1) is 34.9. The second-order valence-corrected chi connectivity index (χ2v) is 15.5. The predicted octanol–water partition coefficient (Wildman–Crippen LogP) is 7.12. The number of carbonyl (C=O) groups is 2. The molecule has 46 heavy (non-hydrogen) atoms. The summed E-state index contributed by atoms with van der Waals surface area (Å²) >= 11 is 3.52. The summed E-state index contributed by atoms with van der Waals surface area (Å²) < 4.78 is 30.6. The van der Waals surface area contributed by atoms with E-state index in [1.54, 1.807) is 36.4 Å². The van der Waals surface area contributed by atoms with E-state index in [2.05, 4.69) is 21.2 Å². The molecule has 0 heterocycles. The van der Waals surface area contributed by atoms with Crippen molar-refractivity contribution in [1.29, 1.82) is 0 Å². The summed E-state index contributed by atoms with van der Waals surface area (Å²) in [6, 6.07) is 28.2. The van der Waals surface area contributed by atoms with E-state index in [-0.39, 0.29) is 23.8 Å². The van der Waals surface area contributed by atoms with Gasteiger partial charge in [-0.15, -0.1) is 0 Å². The second kappa shape index (κ2) is 14.6. The number of nitrogens with one attached hydrogen (secondary N) is 1. The highest BCUT2D eigenvalue weighted by molar-refractivity contribution is 9.10. The maximum Gasteiger partial charge on any atom is 0.264 e.